The average molecular weight is 420 g/mol. The van der Waals surface area contributed by atoms with E-state index in [-0.39, 0.29) is 11.6 Å². The standard InChI is InChI=1S/C20H20N8O3/c21-19-23-10-12(11-24-19)16-14-2-4-28(13-1-3-22-15(9-13)18(29)30)17(14)26-20(25-16)27-5-7-31-8-6-27/h1,3,9-11H,2,4-8H2,(H,29,30)(H2,21,23,24). The molecule has 11 nitrogen and oxygen atoms in total. The zero-order valence-electron chi connectivity index (χ0n) is 16.6. The molecule has 5 rings (SSSR count). The normalized spacial score (nSPS) is 15.7. The number of nitrogens with zero attached hydrogens (tertiary/aromatic N) is 7. The Kier molecular flexibility index (Phi) is 4.79. The van der Waals surface area contributed by atoms with Crippen LogP contribution in [0.25, 0.3) is 11.3 Å². The minimum absolute atomic E-state index is 0.0134. The summed E-state index contributed by atoms with van der Waals surface area (Å²) in [4.78, 5) is 37.3. The van der Waals surface area contributed by atoms with Gasteiger partial charge in [0.15, 0.2) is 0 Å². The number of carbonyl (C=O) groups is 1. The molecule has 0 bridgehead atoms. The average Bonchev–Trinajstić information content (AvgIpc) is 3.24. The van der Waals surface area contributed by atoms with E-state index in [9.17, 15) is 9.90 Å². The van der Waals surface area contributed by atoms with Gasteiger partial charge < -0.3 is 25.4 Å². The van der Waals surface area contributed by atoms with Crippen molar-refractivity contribution in [1.82, 2.24) is 24.9 Å². The van der Waals surface area contributed by atoms with Gasteiger partial charge in [-0.2, -0.15) is 4.98 Å². The molecular weight excluding hydrogens is 400 g/mol. The van der Waals surface area contributed by atoms with Crippen molar-refractivity contribution in [1.29, 1.82) is 0 Å². The second kappa shape index (κ2) is 7.76. The van der Waals surface area contributed by atoms with Gasteiger partial charge in [0.05, 0.1) is 18.9 Å². The van der Waals surface area contributed by atoms with E-state index in [0.717, 1.165) is 28.3 Å². The molecule has 2 aliphatic heterocycles. The molecule has 0 aromatic carbocycles. The van der Waals surface area contributed by atoms with Crippen molar-refractivity contribution in [2.75, 3.05) is 48.4 Å². The van der Waals surface area contributed by atoms with Crippen LogP contribution in [0.5, 0.6) is 0 Å². The Morgan fingerprint density at radius 2 is 1.87 bits per heavy atom. The highest BCUT2D eigenvalue weighted by atomic mass is 16.5. The molecule has 31 heavy (non-hydrogen) atoms. The van der Waals surface area contributed by atoms with Gasteiger partial charge in [-0.15, -0.1) is 0 Å². The molecule has 0 saturated carbocycles. The number of aromatic nitrogens is 5. The number of carboxylic acids is 1. The molecule has 11 heteroatoms. The van der Waals surface area contributed by atoms with Crippen LogP contribution in [-0.4, -0.2) is 68.8 Å². The number of pyridine rings is 1. The van der Waals surface area contributed by atoms with E-state index in [2.05, 4.69) is 19.9 Å². The van der Waals surface area contributed by atoms with Gasteiger partial charge in [0, 0.05) is 55.0 Å². The van der Waals surface area contributed by atoms with Crippen LogP contribution in [0, 0.1) is 0 Å². The third-order valence-corrected chi connectivity index (χ3v) is 5.33. The molecule has 158 valence electrons. The largest absolute Gasteiger partial charge is 0.477 e. The molecule has 5 heterocycles. The Hall–Kier alpha value is -3.86. The summed E-state index contributed by atoms with van der Waals surface area (Å²) in [5, 5.41) is 9.33. The summed E-state index contributed by atoms with van der Waals surface area (Å²) >= 11 is 0. The molecule has 3 aromatic heterocycles. The molecule has 3 aromatic rings. The quantitative estimate of drug-likeness (QED) is 0.627. The zero-order valence-corrected chi connectivity index (χ0v) is 16.6. The van der Waals surface area contributed by atoms with E-state index >= 15 is 0 Å². The lowest BCUT2D eigenvalue weighted by Gasteiger charge is -2.28. The van der Waals surface area contributed by atoms with Crippen molar-refractivity contribution in [2.24, 2.45) is 0 Å². The Bertz CT molecular complexity index is 1130. The van der Waals surface area contributed by atoms with Gasteiger partial charge in [0.1, 0.15) is 11.5 Å². The van der Waals surface area contributed by atoms with Crippen LogP contribution in [0.1, 0.15) is 16.1 Å². The fourth-order valence-corrected chi connectivity index (χ4v) is 3.80. The molecule has 0 atom stereocenters. The molecule has 0 radical (unpaired) electrons. The fraction of sp³-hybridized carbons (Fsp3) is 0.300. The van der Waals surface area contributed by atoms with Crippen LogP contribution >= 0.6 is 0 Å². The maximum atomic E-state index is 11.4. The Morgan fingerprint density at radius 1 is 1.10 bits per heavy atom. The predicted molar refractivity (Wildman–Crippen MR) is 112 cm³/mol. The van der Waals surface area contributed by atoms with E-state index in [4.69, 9.17) is 20.4 Å². The minimum atomic E-state index is -1.07. The van der Waals surface area contributed by atoms with Gasteiger partial charge in [0.25, 0.3) is 0 Å². The molecule has 0 unspecified atom stereocenters. The Morgan fingerprint density at radius 3 is 2.61 bits per heavy atom. The van der Waals surface area contributed by atoms with Crippen molar-refractivity contribution >= 4 is 29.4 Å². The monoisotopic (exact) mass is 420 g/mol. The van der Waals surface area contributed by atoms with Crippen LogP contribution in [0.3, 0.4) is 0 Å². The van der Waals surface area contributed by atoms with E-state index in [1.165, 1.54) is 6.20 Å². The Balaban J connectivity index is 1.63. The smallest absolute Gasteiger partial charge is 0.354 e. The number of fused-ring (bicyclic) bond motifs is 1. The predicted octanol–water partition coefficient (Wildman–Crippen LogP) is 1.14. The molecule has 2 aliphatic rings. The van der Waals surface area contributed by atoms with Crippen LogP contribution in [0.4, 0.5) is 23.4 Å². The number of ether oxygens (including phenoxy) is 1. The summed E-state index contributed by atoms with van der Waals surface area (Å²) in [7, 11) is 0. The number of carboxylic acid groups (broad SMARTS) is 1. The molecule has 0 spiro atoms. The van der Waals surface area contributed by atoms with E-state index in [0.29, 0.717) is 45.2 Å². The van der Waals surface area contributed by atoms with Gasteiger partial charge in [-0.05, 0) is 18.6 Å². The lowest BCUT2D eigenvalue weighted by molar-refractivity contribution is 0.0690. The Labute approximate surface area is 177 Å². The topological polar surface area (TPSA) is 143 Å². The maximum Gasteiger partial charge on any atom is 0.354 e. The number of nitrogens with two attached hydrogens (primary N) is 1. The summed E-state index contributed by atoms with van der Waals surface area (Å²) in [5.74, 6) is 0.458. The van der Waals surface area contributed by atoms with Crippen molar-refractivity contribution in [3.05, 3.63) is 42.0 Å². The molecule has 1 saturated heterocycles. The van der Waals surface area contributed by atoms with Crippen LogP contribution < -0.4 is 15.5 Å². The lowest BCUT2D eigenvalue weighted by atomic mass is 10.1. The zero-order chi connectivity index (χ0) is 21.4. The number of morpholine rings is 1. The third-order valence-electron chi connectivity index (χ3n) is 5.33. The van der Waals surface area contributed by atoms with Crippen LogP contribution in [0.15, 0.2) is 30.7 Å². The first kappa shape index (κ1) is 19.1. The SMILES string of the molecule is Nc1ncc(-c2nc(N3CCOCC3)nc3c2CCN3c2ccnc(C(=O)O)c2)cn1. The van der Waals surface area contributed by atoms with Crippen molar-refractivity contribution < 1.29 is 14.6 Å². The first-order valence-corrected chi connectivity index (χ1v) is 9.88. The first-order valence-electron chi connectivity index (χ1n) is 9.88. The van der Waals surface area contributed by atoms with Gasteiger partial charge >= 0.3 is 5.97 Å². The highest BCUT2D eigenvalue weighted by Gasteiger charge is 2.29. The molecule has 1 fully saturated rings. The highest BCUT2D eigenvalue weighted by molar-refractivity contribution is 5.87. The fourth-order valence-electron chi connectivity index (χ4n) is 3.80. The van der Waals surface area contributed by atoms with Crippen molar-refractivity contribution in [2.45, 2.75) is 6.42 Å². The summed E-state index contributed by atoms with van der Waals surface area (Å²) in [6.07, 6.45) is 5.51. The second-order valence-electron chi connectivity index (χ2n) is 7.21. The van der Waals surface area contributed by atoms with E-state index < -0.39 is 5.97 Å². The van der Waals surface area contributed by atoms with Gasteiger partial charge in [-0.25, -0.2) is 24.7 Å². The molecule has 0 amide bonds. The van der Waals surface area contributed by atoms with Crippen LogP contribution in [0.2, 0.25) is 0 Å². The van der Waals surface area contributed by atoms with E-state index in [1.54, 1.807) is 24.5 Å². The van der Waals surface area contributed by atoms with Crippen molar-refractivity contribution in [3.63, 3.8) is 0 Å². The van der Waals surface area contributed by atoms with E-state index in [1.807, 2.05) is 4.90 Å². The molecule has 3 N–H and O–H groups in total. The highest BCUT2D eigenvalue weighted by Crippen LogP contribution is 2.39. The van der Waals surface area contributed by atoms with Gasteiger partial charge in [-0.3, -0.25) is 0 Å². The number of rotatable bonds is 4. The summed E-state index contributed by atoms with van der Waals surface area (Å²) in [6, 6.07) is 3.34. The first-order chi connectivity index (χ1) is 15.1. The second-order valence-corrected chi connectivity index (χ2v) is 7.21. The molecular formula is C20H20N8O3. The number of aromatic carboxylic acids is 1. The summed E-state index contributed by atoms with van der Waals surface area (Å²) < 4.78 is 5.46. The van der Waals surface area contributed by atoms with Gasteiger partial charge in [0.2, 0.25) is 11.9 Å². The minimum Gasteiger partial charge on any atom is -0.477 e. The number of hydrogen-bond acceptors (Lipinski definition) is 10. The number of nitrogen functional groups attached to an aromatic ring is 1. The summed E-state index contributed by atoms with van der Waals surface area (Å²) in [6.45, 7) is 3.24. The number of hydrogen-bond donors (Lipinski definition) is 2. The molecule has 0 aliphatic carbocycles. The van der Waals surface area contributed by atoms with Gasteiger partial charge in [-0.1, -0.05) is 0 Å². The maximum absolute atomic E-state index is 11.4. The summed E-state index contributed by atoms with van der Waals surface area (Å²) in [5.41, 5.74) is 8.83. The van der Waals surface area contributed by atoms with Crippen molar-refractivity contribution in [3.8, 4) is 11.3 Å². The lowest BCUT2D eigenvalue weighted by Crippen LogP contribution is -2.37. The third kappa shape index (κ3) is 3.59. The van der Waals surface area contributed by atoms with Crippen LogP contribution in [-0.2, 0) is 11.2 Å². The number of anilines is 4.